The van der Waals surface area contributed by atoms with Crippen molar-refractivity contribution >= 4 is 27.7 Å². The first-order chi connectivity index (χ1) is 9.60. The molecule has 110 valence electrons. The van der Waals surface area contributed by atoms with Gasteiger partial charge in [-0.05, 0) is 42.1 Å². The highest BCUT2D eigenvalue weighted by atomic mass is 79.9. The van der Waals surface area contributed by atoms with Crippen LogP contribution in [0.4, 0.5) is 5.82 Å². The predicted octanol–water partition coefficient (Wildman–Crippen LogP) is 2.61. The summed E-state index contributed by atoms with van der Waals surface area (Å²) >= 11 is 3.39. The molecule has 0 spiro atoms. The standard InChI is InChI=1S/C14H21BrN4O/c1-3-6-12-17-11(15)9-13(18-12)16-10(2)14(20)19-7-4-5-8-19/h9-10H,3-8H2,1-2H3,(H,16,17,18). The molecular formula is C14H21BrN4O. The molecule has 2 rings (SSSR count). The van der Waals surface area contributed by atoms with E-state index in [1.165, 1.54) is 0 Å². The Bertz CT molecular complexity index is 474. The molecule has 1 aliphatic heterocycles. The Morgan fingerprint density at radius 2 is 2.15 bits per heavy atom. The van der Waals surface area contributed by atoms with Crippen molar-refractivity contribution < 1.29 is 4.79 Å². The lowest BCUT2D eigenvalue weighted by Crippen LogP contribution is -2.39. The number of likely N-dealkylation sites (tertiary alicyclic amines) is 1. The highest BCUT2D eigenvalue weighted by Crippen LogP contribution is 2.16. The predicted molar refractivity (Wildman–Crippen MR) is 82.6 cm³/mol. The van der Waals surface area contributed by atoms with Gasteiger partial charge in [0.1, 0.15) is 22.3 Å². The summed E-state index contributed by atoms with van der Waals surface area (Å²) in [5.74, 6) is 1.65. The zero-order valence-electron chi connectivity index (χ0n) is 12.0. The van der Waals surface area contributed by atoms with Gasteiger partial charge in [0, 0.05) is 25.6 Å². The summed E-state index contributed by atoms with van der Waals surface area (Å²) in [5, 5.41) is 3.19. The first-order valence-electron chi connectivity index (χ1n) is 7.19. The Kier molecular flexibility index (Phi) is 5.34. The van der Waals surface area contributed by atoms with Crippen LogP contribution in [-0.2, 0) is 11.2 Å². The SMILES string of the molecule is CCCc1nc(Br)cc(NC(C)C(=O)N2CCCC2)n1. The molecule has 1 aromatic rings. The Hall–Kier alpha value is -1.17. The number of amides is 1. The second-order valence-corrected chi connectivity index (χ2v) is 5.95. The van der Waals surface area contributed by atoms with Gasteiger partial charge in [-0.15, -0.1) is 0 Å². The maximum Gasteiger partial charge on any atom is 0.244 e. The third kappa shape index (κ3) is 3.91. The first kappa shape index (κ1) is 15.2. The number of anilines is 1. The Morgan fingerprint density at radius 1 is 1.45 bits per heavy atom. The van der Waals surface area contributed by atoms with E-state index in [1.807, 2.05) is 17.9 Å². The van der Waals surface area contributed by atoms with Gasteiger partial charge in [0.25, 0.3) is 0 Å². The van der Waals surface area contributed by atoms with E-state index in [0.717, 1.165) is 49.2 Å². The van der Waals surface area contributed by atoms with Gasteiger partial charge in [-0.2, -0.15) is 0 Å². The lowest BCUT2D eigenvalue weighted by atomic mass is 10.3. The van der Waals surface area contributed by atoms with Crippen LogP contribution in [0.5, 0.6) is 0 Å². The second kappa shape index (κ2) is 7.02. The second-order valence-electron chi connectivity index (χ2n) is 5.14. The molecule has 0 bridgehead atoms. The molecule has 0 saturated carbocycles. The molecule has 1 N–H and O–H groups in total. The maximum absolute atomic E-state index is 12.3. The van der Waals surface area contributed by atoms with Crippen LogP contribution in [0.1, 0.15) is 38.9 Å². The third-order valence-electron chi connectivity index (χ3n) is 3.37. The lowest BCUT2D eigenvalue weighted by molar-refractivity contribution is -0.130. The summed E-state index contributed by atoms with van der Waals surface area (Å²) in [6.45, 7) is 5.73. The fourth-order valence-electron chi connectivity index (χ4n) is 2.37. The summed E-state index contributed by atoms with van der Waals surface area (Å²) in [7, 11) is 0. The van der Waals surface area contributed by atoms with Gasteiger partial charge < -0.3 is 10.2 Å². The van der Waals surface area contributed by atoms with Crippen molar-refractivity contribution in [1.82, 2.24) is 14.9 Å². The number of hydrogen-bond donors (Lipinski definition) is 1. The van der Waals surface area contributed by atoms with Crippen LogP contribution < -0.4 is 5.32 Å². The van der Waals surface area contributed by atoms with Gasteiger partial charge in [-0.1, -0.05) is 6.92 Å². The molecule has 20 heavy (non-hydrogen) atoms. The molecular weight excluding hydrogens is 320 g/mol. The molecule has 1 unspecified atom stereocenters. The fourth-order valence-corrected chi connectivity index (χ4v) is 2.79. The smallest absolute Gasteiger partial charge is 0.244 e. The summed E-state index contributed by atoms with van der Waals surface area (Å²) in [6.07, 6.45) is 4.05. The Balaban J connectivity index is 2.02. The van der Waals surface area contributed by atoms with Crippen molar-refractivity contribution in [2.24, 2.45) is 0 Å². The van der Waals surface area contributed by atoms with Crippen molar-refractivity contribution in [2.75, 3.05) is 18.4 Å². The zero-order chi connectivity index (χ0) is 14.5. The normalized spacial score (nSPS) is 16.2. The molecule has 1 aliphatic rings. The van der Waals surface area contributed by atoms with E-state index in [1.54, 1.807) is 0 Å². The van der Waals surface area contributed by atoms with Crippen LogP contribution in [0.3, 0.4) is 0 Å². The maximum atomic E-state index is 12.3. The molecule has 0 radical (unpaired) electrons. The molecule has 1 fully saturated rings. The minimum atomic E-state index is -0.260. The highest BCUT2D eigenvalue weighted by molar-refractivity contribution is 9.10. The average Bonchev–Trinajstić information content (AvgIpc) is 2.91. The number of nitrogens with one attached hydrogen (secondary N) is 1. The molecule has 1 saturated heterocycles. The third-order valence-corrected chi connectivity index (χ3v) is 3.77. The van der Waals surface area contributed by atoms with Crippen LogP contribution in [0.2, 0.25) is 0 Å². The molecule has 5 nitrogen and oxygen atoms in total. The van der Waals surface area contributed by atoms with E-state index in [4.69, 9.17) is 0 Å². The number of halogens is 1. The largest absolute Gasteiger partial charge is 0.358 e. The minimum Gasteiger partial charge on any atom is -0.358 e. The summed E-state index contributed by atoms with van der Waals surface area (Å²) in [6, 6.07) is 1.55. The summed E-state index contributed by atoms with van der Waals surface area (Å²) in [5.41, 5.74) is 0. The number of aromatic nitrogens is 2. The molecule has 1 atom stereocenters. The minimum absolute atomic E-state index is 0.147. The van der Waals surface area contributed by atoms with Gasteiger partial charge in [-0.3, -0.25) is 4.79 Å². The monoisotopic (exact) mass is 340 g/mol. The van der Waals surface area contributed by atoms with Crippen LogP contribution in [0.15, 0.2) is 10.7 Å². The van der Waals surface area contributed by atoms with Crippen molar-refractivity contribution in [1.29, 1.82) is 0 Å². The van der Waals surface area contributed by atoms with Crippen LogP contribution in [0, 0.1) is 0 Å². The Morgan fingerprint density at radius 3 is 2.80 bits per heavy atom. The van der Waals surface area contributed by atoms with E-state index in [0.29, 0.717) is 5.82 Å². The molecule has 1 amide bonds. The van der Waals surface area contributed by atoms with E-state index >= 15 is 0 Å². The van der Waals surface area contributed by atoms with Gasteiger partial charge in [0.2, 0.25) is 5.91 Å². The van der Waals surface area contributed by atoms with E-state index in [2.05, 4.69) is 38.1 Å². The topological polar surface area (TPSA) is 58.1 Å². The zero-order valence-corrected chi connectivity index (χ0v) is 13.6. The van der Waals surface area contributed by atoms with Crippen molar-refractivity contribution in [3.05, 3.63) is 16.5 Å². The molecule has 2 heterocycles. The van der Waals surface area contributed by atoms with Crippen molar-refractivity contribution in [2.45, 2.75) is 45.6 Å². The van der Waals surface area contributed by atoms with Crippen molar-refractivity contribution in [3.8, 4) is 0 Å². The van der Waals surface area contributed by atoms with Crippen molar-refractivity contribution in [3.63, 3.8) is 0 Å². The number of carbonyl (C=O) groups is 1. The number of aryl methyl sites for hydroxylation is 1. The quantitative estimate of drug-likeness (QED) is 0.837. The summed E-state index contributed by atoms with van der Waals surface area (Å²) in [4.78, 5) is 22.9. The van der Waals surface area contributed by atoms with E-state index < -0.39 is 0 Å². The number of nitrogens with zero attached hydrogens (tertiary/aromatic N) is 3. The number of hydrogen-bond acceptors (Lipinski definition) is 4. The van der Waals surface area contributed by atoms with Gasteiger partial charge in [-0.25, -0.2) is 9.97 Å². The molecule has 6 heteroatoms. The van der Waals surface area contributed by atoms with Crippen LogP contribution in [-0.4, -0.2) is 39.9 Å². The van der Waals surface area contributed by atoms with Gasteiger partial charge in [0.05, 0.1) is 0 Å². The van der Waals surface area contributed by atoms with Gasteiger partial charge >= 0.3 is 0 Å². The number of carbonyl (C=O) groups excluding carboxylic acids is 1. The summed E-state index contributed by atoms with van der Waals surface area (Å²) < 4.78 is 0.749. The highest BCUT2D eigenvalue weighted by Gasteiger charge is 2.23. The fraction of sp³-hybridized carbons (Fsp3) is 0.643. The lowest BCUT2D eigenvalue weighted by Gasteiger charge is -2.21. The molecule has 0 aliphatic carbocycles. The average molecular weight is 341 g/mol. The number of rotatable bonds is 5. The van der Waals surface area contributed by atoms with Crippen LogP contribution in [0.25, 0.3) is 0 Å². The van der Waals surface area contributed by atoms with Crippen LogP contribution >= 0.6 is 15.9 Å². The first-order valence-corrected chi connectivity index (χ1v) is 7.98. The van der Waals surface area contributed by atoms with E-state index in [-0.39, 0.29) is 11.9 Å². The van der Waals surface area contributed by atoms with E-state index in [9.17, 15) is 4.79 Å². The van der Waals surface area contributed by atoms with Gasteiger partial charge in [0.15, 0.2) is 0 Å². The molecule has 1 aromatic heterocycles. The molecule has 0 aromatic carbocycles. The Labute approximate surface area is 128 Å².